The summed E-state index contributed by atoms with van der Waals surface area (Å²) in [5.74, 6) is -0.812. The van der Waals surface area contributed by atoms with Gasteiger partial charge in [-0.2, -0.15) is 0 Å². The number of carbonyl (C=O) groups excluding carboxylic acids is 1. The van der Waals surface area contributed by atoms with Crippen LogP contribution in [-0.2, 0) is 42.7 Å². The maximum absolute atomic E-state index is 11.5. The standard InChI is InChI=1S/C25H49NO11/c1-25(2,3)37-24(29)26-8-4-5-9-30-11-13-32-15-17-34-19-21-36-22-20-35-18-16-33-14-12-31-10-6-7-23(27)28/h4-22H2,1-3H3,(H,26,29)(H,27,28). The van der Waals surface area contributed by atoms with Gasteiger partial charge in [-0.3, -0.25) is 4.79 Å². The molecule has 0 atom stereocenters. The van der Waals surface area contributed by atoms with E-state index in [9.17, 15) is 9.59 Å². The van der Waals surface area contributed by atoms with Crippen molar-refractivity contribution in [1.82, 2.24) is 5.32 Å². The first-order valence-corrected chi connectivity index (χ1v) is 13.0. The summed E-state index contributed by atoms with van der Waals surface area (Å²) in [5, 5.41) is 11.2. The van der Waals surface area contributed by atoms with Crippen molar-refractivity contribution in [3.63, 3.8) is 0 Å². The number of unbranched alkanes of at least 4 members (excludes halogenated alkanes) is 1. The van der Waals surface area contributed by atoms with Gasteiger partial charge in [-0.25, -0.2) is 4.79 Å². The molecule has 0 heterocycles. The largest absolute Gasteiger partial charge is 0.481 e. The Morgan fingerprint density at radius 3 is 1.27 bits per heavy atom. The van der Waals surface area contributed by atoms with E-state index in [4.69, 9.17) is 43.0 Å². The fourth-order valence-electron chi connectivity index (χ4n) is 2.58. The van der Waals surface area contributed by atoms with Crippen LogP contribution < -0.4 is 5.32 Å². The van der Waals surface area contributed by atoms with Gasteiger partial charge in [-0.15, -0.1) is 0 Å². The second kappa shape index (κ2) is 26.1. The van der Waals surface area contributed by atoms with Crippen molar-refractivity contribution >= 4 is 12.1 Å². The lowest BCUT2D eigenvalue weighted by Crippen LogP contribution is -2.33. The average molecular weight is 540 g/mol. The Balaban J connectivity index is 3.11. The summed E-state index contributed by atoms with van der Waals surface area (Å²) in [6, 6.07) is 0. The number of hydrogen-bond donors (Lipinski definition) is 2. The number of amides is 1. The van der Waals surface area contributed by atoms with Gasteiger partial charge < -0.3 is 48.3 Å². The van der Waals surface area contributed by atoms with Gasteiger partial charge in [-0.1, -0.05) is 0 Å². The summed E-state index contributed by atoms with van der Waals surface area (Å²) in [6.07, 6.45) is 1.91. The molecule has 0 unspecified atom stereocenters. The van der Waals surface area contributed by atoms with Crippen LogP contribution in [0.1, 0.15) is 46.5 Å². The van der Waals surface area contributed by atoms with Gasteiger partial charge in [-0.05, 0) is 40.0 Å². The molecule has 0 saturated carbocycles. The van der Waals surface area contributed by atoms with E-state index < -0.39 is 17.7 Å². The van der Waals surface area contributed by atoms with E-state index in [2.05, 4.69) is 5.32 Å². The molecule has 0 aliphatic carbocycles. The van der Waals surface area contributed by atoms with Crippen molar-refractivity contribution < 1.29 is 52.6 Å². The molecule has 0 radical (unpaired) electrons. The molecule has 2 N–H and O–H groups in total. The molecule has 0 aliphatic heterocycles. The van der Waals surface area contributed by atoms with Crippen molar-refractivity contribution in [3.05, 3.63) is 0 Å². The zero-order chi connectivity index (χ0) is 27.5. The molecule has 0 aliphatic rings. The van der Waals surface area contributed by atoms with Gasteiger partial charge in [0.2, 0.25) is 0 Å². The lowest BCUT2D eigenvalue weighted by atomic mass is 10.2. The number of ether oxygens (including phenoxy) is 8. The first kappa shape index (κ1) is 35.5. The van der Waals surface area contributed by atoms with E-state index in [1.54, 1.807) is 0 Å². The fraction of sp³-hybridized carbons (Fsp3) is 0.920. The summed E-state index contributed by atoms with van der Waals surface area (Å²) in [5.41, 5.74) is -0.481. The number of aliphatic carboxylic acids is 1. The summed E-state index contributed by atoms with van der Waals surface area (Å²) in [7, 11) is 0. The van der Waals surface area contributed by atoms with Crippen LogP contribution in [-0.4, -0.2) is 122 Å². The van der Waals surface area contributed by atoms with Crippen LogP contribution in [0, 0.1) is 0 Å². The second-order valence-electron chi connectivity index (χ2n) is 8.92. The molecule has 0 bridgehead atoms. The fourth-order valence-corrected chi connectivity index (χ4v) is 2.58. The van der Waals surface area contributed by atoms with Gasteiger partial charge in [0.05, 0.1) is 79.3 Å². The van der Waals surface area contributed by atoms with Crippen LogP contribution in [0.25, 0.3) is 0 Å². The molecule has 0 rings (SSSR count). The van der Waals surface area contributed by atoms with Gasteiger partial charge in [0.15, 0.2) is 0 Å². The molecule has 37 heavy (non-hydrogen) atoms. The Labute approximate surface area is 221 Å². The molecule has 0 aromatic carbocycles. The first-order chi connectivity index (χ1) is 17.8. The van der Waals surface area contributed by atoms with Crippen LogP contribution >= 0.6 is 0 Å². The Hall–Kier alpha value is -1.54. The zero-order valence-electron chi connectivity index (χ0n) is 23.0. The quantitative estimate of drug-likeness (QED) is 0.149. The molecule has 0 fully saturated rings. The average Bonchev–Trinajstić information content (AvgIpc) is 2.82. The highest BCUT2D eigenvalue weighted by Crippen LogP contribution is 2.06. The molecule has 220 valence electrons. The van der Waals surface area contributed by atoms with E-state index >= 15 is 0 Å². The van der Waals surface area contributed by atoms with Gasteiger partial charge in [0.1, 0.15) is 5.60 Å². The van der Waals surface area contributed by atoms with E-state index in [1.807, 2.05) is 20.8 Å². The lowest BCUT2D eigenvalue weighted by molar-refractivity contribution is -0.137. The van der Waals surface area contributed by atoms with Crippen LogP contribution in [0.2, 0.25) is 0 Å². The van der Waals surface area contributed by atoms with E-state index in [0.717, 1.165) is 12.8 Å². The number of carboxylic acid groups (broad SMARTS) is 1. The first-order valence-electron chi connectivity index (χ1n) is 13.0. The molecular weight excluding hydrogens is 490 g/mol. The molecule has 0 aromatic heterocycles. The zero-order valence-corrected chi connectivity index (χ0v) is 23.0. The van der Waals surface area contributed by atoms with Crippen molar-refractivity contribution in [2.75, 3.05) is 99.0 Å². The van der Waals surface area contributed by atoms with E-state index in [-0.39, 0.29) is 6.42 Å². The third-order valence-corrected chi connectivity index (χ3v) is 4.30. The molecule has 0 aromatic rings. The predicted molar refractivity (Wildman–Crippen MR) is 136 cm³/mol. The predicted octanol–water partition coefficient (Wildman–Crippen LogP) is 2.27. The Bertz CT molecular complexity index is 529. The van der Waals surface area contributed by atoms with Crippen molar-refractivity contribution in [2.45, 2.75) is 52.1 Å². The minimum absolute atomic E-state index is 0.120. The molecule has 1 amide bonds. The third kappa shape index (κ3) is 32.4. The van der Waals surface area contributed by atoms with Crippen LogP contribution in [0.15, 0.2) is 0 Å². The topological polar surface area (TPSA) is 140 Å². The van der Waals surface area contributed by atoms with Crippen molar-refractivity contribution in [3.8, 4) is 0 Å². The van der Waals surface area contributed by atoms with E-state index in [0.29, 0.717) is 105 Å². The SMILES string of the molecule is CC(C)(C)OC(=O)NCCCCOCCOCCOCCOCCOCCOCCOCCCC(=O)O. The van der Waals surface area contributed by atoms with Crippen LogP contribution in [0.4, 0.5) is 4.79 Å². The van der Waals surface area contributed by atoms with Gasteiger partial charge in [0.25, 0.3) is 0 Å². The number of carboxylic acids is 1. The van der Waals surface area contributed by atoms with E-state index in [1.165, 1.54) is 0 Å². The minimum Gasteiger partial charge on any atom is -0.481 e. The Morgan fingerprint density at radius 2 is 0.919 bits per heavy atom. The third-order valence-electron chi connectivity index (χ3n) is 4.30. The summed E-state index contributed by atoms with van der Waals surface area (Å²) >= 11 is 0. The summed E-state index contributed by atoms with van der Waals surface area (Å²) in [4.78, 5) is 21.8. The highest BCUT2D eigenvalue weighted by atomic mass is 16.6. The van der Waals surface area contributed by atoms with Gasteiger partial charge >= 0.3 is 12.1 Å². The molecular formula is C25H49NO11. The van der Waals surface area contributed by atoms with Gasteiger partial charge in [0, 0.05) is 26.2 Å². The molecule has 0 saturated heterocycles. The number of nitrogens with one attached hydrogen (secondary N) is 1. The number of carbonyl (C=O) groups is 2. The maximum atomic E-state index is 11.5. The number of hydrogen-bond acceptors (Lipinski definition) is 10. The second-order valence-corrected chi connectivity index (χ2v) is 8.92. The Morgan fingerprint density at radius 1 is 0.568 bits per heavy atom. The highest BCUT2D eigenvalue weighted by molar-refractivity contribution is 5.67. The Kier molecular flexibility index (Phi) is 25.0. The molecule has 12 heteroatoms. The highest BCUT2D eigenvalue weighted by Gasteiger charge is 2.15. The number of rotatable bonds is 27. The number of alkyl carbamates (subject to hydrolysis) is 1. The monoisotopic (exact) mass is 539 g/mol. The molecule has 12 nitrogen and oxygen atoms in total. The summed E-state index contributed by atoms with van der Waals surface area (Å²) in [6.45, 7) is 12.9. The minimum atomic E-state index is -0.812. The summed E-state index contributed by atoms with van der Waals surface area (Å²) < 4.78 is 43.0. The molecule has 0 spiro atoms. The van der Waals surface area contributed by atoms with Crippen LogP contribution in [0.3, 0.4) is 0 Å². The van der Waals surface area contributed by atoms with Crippen molar-refractivity contribution in [1.29, 1.82) is 0 Å². The maximum Gasteiger partial charge on any atom is 0.407 e. The van der Waals surface area contributed by atoms with Crippen molar-refractivity contribution in [2.24, 2.45) is 0 Å². The smallest absolute Gasteiger partial charge is 0.407 e. The lowest BCUT2D eigenvalue weighted by Gasteiger charge is -2.19. The van der Waals surface area contributed by atoms with Crippen LogP contribution in [0.5, 0.6) is 0 Å². The normalized spacial score (nSPS) is 11.5.